The van der Waals surface area contributed by atoms with Gasteiger partial charge in [-0.25, -0.2) is 0 Å². The van der Waals surface area contributed by atoms with Gasteiger partial charge in [0.25, 0.3) is 0 Å². The molecule has 6 heteroatoms. The Morgan fingerprint density at radius 2 is 1.00 bits per heavy atom. The van der Waals surface area contributed by atoms with E-state index in [1.165, 1.54) is 22.3 Å². The highest BCUT2D eigenvalue weighted by Crippen LogP contribution is 2.40. The Labute approximate surface area is 185 Å². The van der Waals surface area contributed by atoms with E-state index in [1.54, 1.807) is 28.4 Å². The van der Waals surface area contributed by atoms with E-state index in [9.17, 15) is 0 Å². The molecule has 0 spiro atoms. The lowest BCUT2D eigenvalue weighted by atomic mass is 9.91. The summed E-state index contributed by atoms with van der Waals surface area (Å²) in [6.45, 7) is 7.59. The van der Waals surface area contributed by atoms with Gasteiger partial charge in [-0.05, 0) is 73.2 Å². The first-order valence-electron chi connectivity index (χ1n) is 11.0. The molecule has 0 radical (unpaired) electrons. The van der Waals surface area contributed by atoms with Crippen LogP contribution in [0.4, 0.5) is 0 Å². The van der Waals surface area contributed by atoms with Crippen LogP contribution in [0, 0.1) is 0 Å². The fourth-order valence-corrected chi connectivity index (χ4v) is 5.01. The van der Waals surface area contributed by atoms with Crippen molar-refractivity contribution in [3.8, 4) is 23.0 Å². The van der Waals surface area contributed by atoms with Crippen molar-refractivity contribution in [3.05, 3.63) is 46.5 Å². The maximum Gasteiger partial charge on any atom is 0.161 e. The Kier molecular flexibility index (Phi) is 6.30. The average Bonchev–Trinajstić information content (AvgIpc) is 2.80. The molecular formula is C25H34N2O4. The zero-order valence-corrected chi connectivity index (χ0v) is 19.5. The van der Waals surface area contributed by atoms with Gasteiger partial charge < -0.3 is 18.9 Å². The van der Waals surface area contributed by atoms with Crippen LogP contribution in [0.5, 0.6) is 23.0 Å². The molecule has 0 saturated heterocycles. The molecule has 4 rings (SSSR count). The molecule has 0 bridgehead atoms. The predicted octanol–water partition coefficient (Wildman–Crippen LogP) is 4.22. The van der Waals surface area contributed by atoms with Crippen molar-refractivity contribution in [1.82, 2.24) is 9.80 Å². The Hall–Kier alpha value is -2.44. The molecule has 2 aromatic rings. The van der Waals surface area contributed by atoms with Gasteiger partial charge >= 0.3 is 0 Å². The molecule has 31 heavy (non-hydrogen) atoms. The van der Waals surface area contributed by atoms with Crippen LogP contribution in [-0.2, 0) is 12.8 Å². The van der Waals surface area contributed by atoms with Crippen molar-refractivity contribution in [3.63, 3.8) is 0 Å². The van der Waals surface area contributed by atoms with Gasteiger partial charge in [0, 0.05) is 25.2 Å². The highest BCUT2D eigenvalue weighted by atomic mass is 16.5. The van der Waals surface area contributed by atoms with Gasteiger partial charge in [-0.2, -0.15) is 0 Å². The number of nitrogens with zero attached hydrogens (tertiary/aromatic N) is 2. The summed E-state index contributed by atoms with van der Waals surface area (Å²) in [6, 6.07) is 9.22. The fraction of sp³-hybridized carbons (Fsp3) is 0.520. The lowest BCUT2D eigenvalue weighted by Crippen LogP contribution is -2.45. The summed E-state index contributed by atoms with van der Waals surface area (Å²) in [5.74, 6) is 3.23. The zero-order chi connectivity index (χ0) is 22.1. The van der Waals surface area contributed by atoms with Crippen molar-refractivity contribution >= 4 is 0 Å². The molecule has 0 aliphatic carbocycles. The number of hydrogen-bond donors (Lipinski definition) is 0. The van der Waals surface area contributed by atoms with Crippen LogP contribution in [0.15, 0.2) is 24.3 Å². The van der Waals surface area contributed by atoms with Crippen LogP contribution in [0.2, 0.25) is 0 Å². The summed E-state index contributed by atoms with van der Waals surface area (Å²) >= 11 is 0. The van der Waals surface area contributed by atoms with E-state index in [4.69, 9.17) is 18.9 Å². The van der Waals surface area contributed by atoms with Gasteiger partial charge in [0.15, 0.2) is 23.0 Å². The van der Waals surface area contributed by atoms with Crippen molar-refractivity contribution in [2.24, 2.45) is 0 Å². The standard InChI is InChI=1S/C25H34N2O4/c1-16-20-13-24(30-5)22(28-3)11-18(20)7-9-26(16)15-27-10-8-19-12-23(29-4)25(31-6)14-21(19)17(27)2/h11-14,16-17H,7-10,15H2,1-6H3/t16-,17-/m1/s1. The maximum absolute atomic E-state index is 5.56. The van der Waals surface area contributed by atoms with Crippen LogP contribution in [0.25, 0.3) is 0 Å². The molecule has 168 valence electrons. The predicted molar refractivity (Wildman–Crippen MR) is 122 cm³/mol. The Morgan fingerprint density at radius 1 is 0.645 bits per heavy atom. The second-order valence-corrected chi connectivity index (χ2v) is 8.43. The van der Waals surface area contributed by atoms with Crippen molar-refractivity contribution in [1.29, 1.82) is 0 Å². The van der Waals surface area contributed by atoms with Crippen LogP contribution in [0.1, 0.15) is 48.2 Å². The topological polar surface area (TPSA) is 43.4 Å². The molecule has 2 aliphatic rings. The molecule has 0 unspecified atom stereocenters. The molecule has 0 aromatic heterocycles. The van der Waals surface area contributed by atoms with E-state index >= 15 is 0 Å². The molecule has 0 saturated carbocycles. The lowest BCUT2D eigenvalue weighted by molar-refractivity contribution is 0.0620. The van der Waals surface area contributed by atoms with Crippen LogP contribution >= 0.6 is 0 Å². The molecule has 0 fully saturated rings. The third kappa shape index (κ3) is 3.94. The lowest BCUT2D eigenvalue weighted by Gasteiger charge is -2.43. The summed E-state index contributed by atoms with van der Waals surface area (Å²) in [5, 5.41) is 0. The van der Waals surface area contributed by atoms with E-state index in [0.717, 1.165) is 55.6 Å². The van der Waals surface area contributed by atoms with Gasteiger partial charge in [0.2, 0.25) is 0 Å². The SMILES string of the molecule is COc1cc2c(cc1OC)[C@@H](C)N(CN1CCc3cc(OC)c(OC)cc3[C@H]1C)CC2. The fourth-order valence-electron chi connectivity index (χ4n) is 5.01. The van der Waals surface area contributed by atoms with Crippen molar-refractivity contribution in [2.75, 3.05) is 48.2 Å². The molecule has 6 nitrogen and oxygen atoms in total. The van der Waals surface area contributed by atoms with E-state index in [-0.39, 0.29) is 0 Å². The van der Waals surface area contributed by atoms with E-state index < -0.39 is 0 Å². The molecule has 2 atom stereocenters. The minimum Gasteiger partial charge on any atom is -0.493 e. The molecule has 2 aromatic carbocycles. The molecular weight excluding hydrogens is 392 g/mol. The van der Waals surface area contributed by atoms with Gasteiger partial charge in [0.1, 0.15) is 0 Å². The zero-order valence-electron chi connectivity index (χ0n) is 19.5. The third-order valence-corrected chi connectivity index (χ3v) is 6.99. The van der Waals surface area contributed by atoms with Crippen LogP contribution < -0.4 is 18.9 Å². The summed E-state index contributed by atoms with van der Waals surface area (Å²) in [4.78, 5) is 5.13. The number of fused-ring (bicyclic) bond motifs is 2. The first-order valence-corrected chi connectivity index (χ1v) is 11.0. The van der Waals surface area contributed by atoms with Crippen LogP contribution in [0.3, 0.4) is 0 Å². The highest BCUT2D eigenvalue weighted by molar-refractivity contribution is 5.50. The van der Waals surface area contributed by atoms with Crippen molar-refractivity contribution in [2.45, 2.75) is 38.8 Å². The van der Waals surface area contributed by atoms with E-state index in [0.29, 0.717) is 12.1 Å². The quantitative estimate of drug-likeness (QED) is 0.689. The first kappa shape index (κ1) is 21.8. The van der Waals surface area contributed by atoms with Gasteiger partial charge in [0.05, 0.1) is 35.1 Å². The molecule has 0 amide bonds. The second-order valence-electron chi connectivity index (χ2n) is 8.43. The van der Waals surface area contributed by atoms with Gasteiger partial charge in [-0.1, -0.05) is 0 Å². The van der Waals surface area contributed by atoms with E-state index in [1.807, 2.05) is 0 Å². The summed E-state index contributed by atoms with van der Waals surface area (Å²) in [6.07, 6.45) is 2.04. The number of benzene rings is 2. The van der Waals surface area contributed by atoms with E-state index in [2.05, 4.69) is 47.9 Å². The van der Waals surface area contributed by atoms with Gasteiger partial charge in [-0.15, -0.1) is 0 Å². The average molecular weight is 427 g/mol. The van der Waals surface area contributed by atoms with Gasteiger partial charge in [-0.3, -0.25) is 9.80 Å². The maximum atomic E-state index is 5.56. The smallest absolute Gasteiger partial charge is 0.161 e. The first-order chi connectivity index (χ1) is 15.0. The third-order valence-electron chi connectivity index (χ3n) is 6.99. The Bertz CT molecular complexity index is 870. The largest absolute Gasteiger partial charge is 0.493 e. The minimum atomic E-state index is 0.322. The minimum absolute atomic E-state index is 0.322. The van der Waals surface area contributed by atoms with Crippen LogP contribution in [-0.4, -0.2) is 58.0 Å². The highest BCUT2D eigenvalue weighted by Gasteiger charge is 2.31. The molecule has 0 N–H and O–H groups in total. The Balaban J connectivity index is 1.54. The second kappa shape index (κ2) is 8.97. The monoisotopic (exact) mass is 426 g/mol. The number of hydrogen-bond acceptors (Lipinski definition) is 6. The molecule has 2 heterocycles. The normalized spacial score (nSPS) is 21.2. The summed E-state index contributed by atoms with van der Waals surface area (Å²) in [5.41, 5.74) is 5.38. The number of rotatable bonds is 6. The number of ether oxygens (including phenoxy) is 4. The Morgan fingerprint density at radius 3 is 1.35 bits per heavy atom. The molecule has 2 aliphatic heterocycles. The summed E-state index contributed by atoms with van der Waals surface area (Å²) in [7, 11) is 6.79. The van der Waals surface area contributed by atoms with Crippen molar-refractivity contribution < 1.29 is 18.9 Å². The summed E-state index contributed by atoms with van der Waals surface area (Å²) < 4.78 is 22.1. The number of methoxy groups -OCH3 is 4.